The lowest BCUT2D eigenvalue weighted by molar-refractivity contribution is 1.07. The number of hydrogen-bond donors (Lipinski definition) is 0. The van der Waals surface area contributed by atoms with E-state index in [0.717, 1.165) is 44.5 Å². The molecule has 0 radical (unpaired) electrons. The molecule has 8 rings (SSSR count). The fourth-order valence-electron chi connectivity index (χ4n) is 6.04. The summed E-state index contributed by atoms with van der Waals surface area (Å²) >= 11 is 0. The Bertz CT molecular complexity index is 2280. The van der Waals surface area contributed by atoms with Gasteiger partial charge in [-0.3, -0.25) is 0 Å². The number of nitrogens with zero attached hydrogens (tertiary/aromatic N) is 3. The van der Waals surface area contributed by atoms with Crippen molar-refractivity contribution in [3.8, 4) is 67.5 Å². The zero-order valence-electron chi connectivity index (χ0n) is 25.1. The monoisotopic (exact) mass is 587 g/mol. The molecule has 3 nitrogen and oxygen atoms in total. The first-order valence-corrected chi connectivity index (χ1v) is 15.5. The maximum Gasteiger partial charge on any atom is 0.164 e. The summed E-state index contributed by atoms with van der Waals surface area (Å²) in [7, 11) is 0. The van der Waals surface area contributed by atoms with Gasteiger partial charge in [-0.25, -0.2) is 15.0 Å². The van der Waals surface area contributed by atoms with Crippen molar-refractivity contribution in [2.45, 2.75) is 0 Å². The fourth-order valence-corrected chi connectivity index (χ4v) is 6.04. The van der Waals surface area contributed by atoms with Crippen molar-refractivity contribution >= 4 is 10.8 Å². The van der Waals surface area contributed by atoms with Gasteiger partial charge in [-0.05, 0) is 44.7 Å². The van der Waals surface area contributed by atoms with E-state index in [9.17, 15) is 0 Å². The molecule has 0 aliphatic carbocycles. The van der Waals surface area contributed by atoms with Crippen LogP contribution in [0.25, 0.3) is 78.3 Å². The van der Waals surface area contributed by atoms with Crippen LogP contribution in [0.3, 0.4) is 0 Å². The smallest absolute Gasteiger partial charge is 0.164 e. The second kappa shape index (κ2) is 12.1. The van der Waals surface area contributed by atoms with Crippen LogP contribution in [-0.2, 0) is 0 Å². The Morgan fingerprint density at radius 1 is 0.261 bits per heavy atom. The van der Waals surface area contributed by atoms with Gasteiger partial charge in [-0.1, -0.05) is 170 Å². The molecule has 0 unspecified atom stereocenters. The van der Waals surface area contributed by atoms with Gasteiger partial charge in [0.1, 0.15) is 0 Å². The highest BCUT2D eigenvalue weighted by Crippen LogP contribution is 2.40. The first-order chi connectivity index (χ1) is 22.8. The Morgan fingerprint density at radius 2 is 0.717 bits per heavy atom. The van der Waals surface area contributed by atoms with Crippen LogP contribution in [0.4, 0.5) is 0 Å². The van der Waals surface area contributed by atoms with Crippen LogP contribution in [0.5, 0.6) is 0 Å². The largest absolute Gasteiger partial charge is 0.208 e. The van der Waals surface area contributed by atoms with Gasteiger partial charge in [0.2, 0.25) is 0 Å². The molecule has 0 aliphatic heterocycles. The van der Waals surface area contributed by atoms with E-state index in [1.165, 1.54) is 16.3 Å². The van der Waals surface area contributed by atoms with Crippen molar-refractivity contribution in [1.82, 2.24) is 15.0 Å². The minimum Gasteiger partial charge on any atom is -0.208 e. The lowest BCUT2D eigenvalue weighted by Gasteiger charge is -2.17. The van der Waals surface area contributed by atoms with E-state index in [-0.39, 0.29) is 0 Å². The van der Waals surface area contributed by atoms with E-state index >= 15 is 0 Å². The van der Waals surface area contributed by atoms with Crippen LogP contribution in [-0.4, -0.2) is 15.0 Å². The topological polar surface area (TPSA) is 38.7 Å². The van der Waals surface area contributed by atoms with Gasteiger partial charge in [0, 0.05) is 22.3 Å². The van der Waals surface area contributed by atoms with E-state index < -0.39 is 0 Å². The quantitative estimate of drug-likeness (QED) is 0.194. The molecule has 0 amide bonds. The number of hydrogen-bond acceptors (Lipinski definition) is 3. The molecule has 3 heteroatoms. The van der Waals surface area contributed by atoms with Gasteiger partial charge in [0.15, 0.2) is 17.5 Å². The van der Waals surface area contributed by atoms with Crippen LogP contribution in [0.15, 0.2) is 176 Å². The molecule has 0 saturated carbocycles. The molecule has 0 N–H and O–H groups in total. The standard InChI is InChI=1S/C43H29N3/c1-4-13-30(14-5-1)32-23-26-35(27-24-32)42-44-41(34-18-8-3-9-19-34)45-43(46-42)39-22-12-21-38(40(39)33-16-6-2-7-17-33)37-28-25-31-15-10-11-20-36(31)29-37/h1-29H. The van der Waals surface area contributed by atoms with Gasteiger partial charge in [-0.2, -0.15) is 0 Å². The Morgan fingerprint density at radius 3 is 1.39 bits per heavy atom. The predicted molar refractivity (Wildman–Crippen MR) is 190 cm³/mol. The molecule has 8 aromatic rings. The van der Waals surface area contributed by atoms with Crippen LogP contribution in [0, 0.1) is 0 Å². The molecule has 0 bridgehead atoms. The van der Waals surface area contributed by atoms with Crippen molar-refractivity contribution in [3.63, 3.8) is 0 Å². The average molecular weight is 588 g/mol. The van der Waals surface area contributed by atoms with Crippen molar-refractivity contribution in [1.29, 1.82) is 0 Å². The molecular weight excluding hydrogens is 558 g/mol. The number of aromatic nitrogens is 3. The van der Waals surface area contributed by atoms with Gasteiger partial charge >= 0.3 is 0 Å². The highest BCUT2D eigenvalue weighted by molar-refractivity contribution is 5.96. The molecule has 0 atom stereocenters. The van der Waals surface area contributed by atoms with E-state index in [0.29, 0.717) is 17.5 Å². The van der Waals surface area contributed by atoms with Gasteiger partial charge < -0.3 is 0 Å². The third-order valence-corrected chi connectivity index (χ3v) is 8.35. The maximum absolute atomic E-state index is 5.15. The highest BCUT2D eigenvalue weighted by Gasteiger charge is 2.19. The summed E-state index contributed by atoms with van der Waals surface area (Å²) in [5.74, 6) is 1.92. The summed E-state index contributed by atoms with van der Waals surface area (Å²) in [6, 6.07) is 61.1. The molecule has 0 aliphatic rings. The Hall–Kier alpha value is -6.19. The molecule has 0 spiro atoms. The molecule has 0 saturated heterocycles. The van der Waals surface area contributed by atoms with E-state index in [1.807, 2.05) is 36.4 Å². The first-order valence-electron chi connectivity index (χ1n) is 15.5. The molecular formula is C43H29N3. The maximum atomic E-state index is 5.15. The van der Waals surface area contributed by atoms with Gasteiger partial charge in [-0.15, -0.1) is 0 Å². The number of fused-ring (bicyclic) bond motifs is 1. The second-order valence-electron chi connectivity index (χ2n) is 11.3. The third-order valence-electron chi connectivity index (χ3n) is 8.35. The van der Waals surface area contributed by atoms with Crippen LogP contribution in [0.2, 0.25) is 0 Å². The molecule has 46 heavy (non-hydrogen) atoms. The van der Waals surface area contributed by atoms with Crippen LogP contribution in [0.1, 0.15) is 0 Å². The normalized spacial score (nSPS) is 11.0. The van der Waals surface area contributed by atoms with E-state index in [4.69, 9.17) is 15.0 Å². The fraction of sp³-hybridized carbons (Fsp3) is 0. The average Bonchev–Trinajstić information content (AvgIpc) is 3.15. The molecule has 0 fully saturated rings. The Kier molecular flexibility index (Phi) is 7.18. The van der Waals surface area contributed by atoms with Crippen molar-refractivity contribution in [3.05, 3.63) is 176 Å². The zero-order valence-corrected chi connectivity index (χ0v) is 25.1. The summed E-state index contributed by atoms with van der Waals surface area (Å²) in [5, 5.41) is 2.42. The summed E-state index contributed by atoms with van der Waals surface area (Å²) < 4.78 is 0. The summed E-state index contributed by atoms with van der Waals surface area (Å²) in [6.07, 6.45) is 0. The molecule has 1 aromatic heterocycles. The number of benzene rings is 7. The summed E-state index contributed by atoms with van der Waals surface area (Å²) in [6.45, 7) is 0. The second-order valence-corrected chi connectivity index (χ2v) is 11.3. The predicted octanol–water partition coefficient (Wildman–Crippen LogP) is 11.0. The third kappa shape index (κ3) is 5.36. The minimum atomic E-state index is 0.637. The van der Waals surface area contributed by atoms with Crippen LogP contribution >= 0.6 is 0 Å². The zero-order chi connectivity index (χ0) is 30.7. The first kappa shape index (κ1) is 27.4. The van der Waals surface area contributed by atoms with Crippen LogP contribution < -0.4 is 0 Å². The van der Waals surface area contributed by atoms with Crippen molar-refractivity contribution in [2.75, 3.05) is 0 Å². The van der Waals surface area contributed by atoms with Crippen molar-refractivity contribution < 1.29 is 0 Å². The number of rotatable bonds is 6. The minimum absolute atomic E-state index is 0.637. The Labute approximate surface area is 268 Å². The molecule has 216 valence electrons. The summed E-state index contributed by atoms with van der Waals surface area (Å²) in [5.41, 5.74) is 9.64. The SMILES string of the molecule is c1ccc(-c2ccc(-c3nc(-c4ccccc4)nc(-c4cccc(-c5ccc6ccccc6c5)c4-c4ccccc4)n3)cc2)cc1. The van der Waals surface area contributed by atoms with Gasteiger partial charge in [0.05, 0.1) is 0 Å². The van der Waals surface area contributed by atoms with Gasteiger partial charge in [0.25, 0.3) is 0 Å². The summed E-state index contributed by atoms with van der Waals surface area (Å²) in [4.78, 5) is 15.3. The van der Waals surface area contributed by atoms with E-state index in [2.05, 4.69) is 140 Å². The Balaban J connectivity index is 1.33. The lowest BCUT2D eigenvalue weighted by Crippen LogP contribution is -2.01. The van der Waals surface area contributed by atoms with Crippen molar-refractivity contribution in [2.24, 2.45) is 0 Å². The lowest BCUT2D eigenvalue weighted by atomic mass is 9.89. The van der Waals surface area contributed by atoms with E-state index in [1.54, 1.807) is 0 Å². The molecule has 7 aromatic carbocycles. The highest BCUT2D eigenvalue weighted by atomic mass is 15.0. The molecule has 1 heterocycles.